The van der Waals surface area contributed by atoms with Crippen LogP contribution in [0.15, 0.2) is 34.9 Å². The predicted octanol–water partition coefficient (Wildman–Crippen LogP) is 3.12. The van der Waals surface area contributed by atoms with E-state index in [1.165, 1.54) is 11.5 Å². The molecule has 6 heteroatoms. The van der Waals surface area contributed by atoms with Crippen molar-refractivity contribution >= 4 is 23.3 Å². The van der Waals surface area contributed by atoms with Crippen LogP contribution in [-0.2, 0) is 0 Å². The zero-order chi connectivity index (χ0) is 13.7. The quantitative estimate of drug-likeness (QED) is 0.830. The van der Waals surface area contributed by atoms with E-state index in [0.717, 1.165) is 22.1 Å². The lowest BCUT2D eigenvalue weighted by molar-refractivity contribution is 0.407. The lowest BCUT2D eigenvalue weighted by Gasteiger charge is -2.23. The van der Waals surface area contributed by atoms with E-state index in [0.29, 0.717) is 0 Å². The molecule has 0 amide bonds. The Morgan fingerprint density at radius 2 is 2.21 bits per heavy atom. The summed E-state index contributed by atoms with van der Waals surface area (Å²) < 4.78 is 10.4. The van der Waals surface area contributed by atoms with Crippen LogP contribution in [0, 0.1) is 0 Å². The molecule has 102 valence electrons. The van der Waals surface area contributed by atoms with Crippen molar-refractivity contribution in [1.29, 1.82) is 0 Å². The van der Waals surface area contributed by atoms with Crippen molar-refractivity contribution in [2.45, 2.75) is 29.0 Å². The summed E-state index contributed by atoms with van der Waals surface area (Å²) in [5.41, 5.74) is 7.38. The van der Waals surface area contributed by atoms with Crippen LogP contribution in [0.2, 0.25) is 0 Å². The van der Waals surface area contributed by atoms with Gasteiger partial charge in [-0.25, -0.2) is 4.98 Å². The fraction of sp³-hybridized carbons (Fsp3) is 0.385. The molecule has 2 rings (SSSR count). The highest BCUT2D eigenvalue weighted by molar-refractivity contribution is 8.01. The van der Waals surface area contributed by atoms with Crippen LogP contribution < -0.4 is 10.5 Å². The number of hydrogen-bond donors (Lipinski definition) is 1. The van der Waals surface area contributed by atoms with Gasteiger partial charge in [-0.1, -0.05) is 36.9 Å². The number of rotatable bonds is 6. The molecule has 2 N–H and O–H groups in total. The standard InChI is InChI=1S/C13H17N3OS2/c1-3-10(14)12(18-13-15-8-16-19-13)9-6-4-5-7-11(9)17-2/h4-8,10,12H,3,14H2,1-2H3. The highest BCUT2D eigenvalue weighted by Crippen LogP contribution is 2.41. The van der Waals surface area contributed by atoms with Crippen LogP contribution in [0.1, 0.15) is 24.2 Å². The second-order valence-electron chi connectivity index (χ2n) is 4.06. The molecule has 0 fully saturated rings. The minimum atomic E-state index is 0.0465. The number of nitrogens with zero attached hydrogens (tertiary/aromatic N) is 2. The summed E-state index contributed by atoms with van der Waals surface area (Å²) in [5.74, 6) is 0.869. The molecule has 0 saturated heterocycles. The maximum atomic E-state index is 6.27. The minimum Gasteiger partial charge on any atom is -0.496 e. The normalized spacial score (nSPS) is 14.1. The van der Waals surface area contributed by atoms with Crippen molar-refractivity contribution in [3.05, 3.63) is 36.2 Å². The number of nitrogens with two attached hydrogens (primary N) is 1. The highest BCUT2D eigenvalue weighted by atomic mass is 32.2. The van der Waals surface area contributed by atoms with E-state index in [-0.39, 0.29) is 11.3 Å². The molecule has 1 heterocycles. The monoisotopic (exact) mass is 295 g/mol. The van der Waals surface area contributed by atoms with E-state index in [1.54, 1.807) is 25.2 Å². The molecule has 2 unspecified atom stereocenters. The average molecular weight is 295 g/mol. The van der Waals surface area contributed by atoms with E-state index in [2.05, 4.69) is 22.3 Å². The lowest BCUT2D eigenvalue weighted by atomic mass is 10.0. The van der Waals surface area contributed by atoms with Gasteiger partial charge in [-0.2, -0.15) is 4.37 Å². The minimum absolute atomic E-state index is 0.0465. The molecular weight excluding hydrogens is 278 g/mol. The zero-order valence-electron chi connectivity index (χ0n) is 10.9. The van der Waals surface area contributed by atoms with Crippen LogP contribution in [0.4, 0.5) is 0 Å². The Morgan fingerprint density at radius 3 is 2.84 bits per heavy atom. The predicted molar refractivity (Wildman–Crippen MR) is 79.8 cm³/mol. The van der Waals surface area contributed by atoms with Gasteiger partial charge < -0.3 is 10.5 Å². The van der Waals surface area contributed by atoms with Gasteiger partial charge in [0.1, 0.15) is 12.1 Å². The molecule has 19 heavy (non-hydrogen) atoms. The molecule has 1 aromatic heterocycles. The SMILES string of the molecule is CCC(N)C(Sc1ncns1)c1ccccc1OC. The molecule has 0 aliphatic rings. The first-order valence-corrected chi connectivity index (χ1v) is 7.73. The smallest absolute Gasteiger partial charge is 0.170 e. The molecule has 0 bridgehead atoms. The fourth-order valence-electron chi connectivity index (χ4n) is 1.82. The summed E-state index contributed by atoms with van der Waals surface area (Å²) in [7, 11) is 1.68. The Bertz CT molecular complexity index is 504. The number of thioether (sulfide) groups is 1. The number of aromatic nitrogens is 2. The van der Waals surface area contributed by atoms with Crippen molar-refractivity contribution < 1.29 is 4.74 Å². The summed E-state index contributed by atoms with van der Waals surface area (Å²) in [6, 6.07) is 8.05. The molecule has 0 saturated carbocycles. The van der Waals surface area contributed by atoms with Gasteiger partial charge in [0.15, 0.2) is 4.34 Å². The maximum absolute atomic E-state index is 6.27. The molecule has 1 aromatic carbocycles. The third-order valence-corrected chi connectivity index (χ3v) is 5.01. The van der Waals surface area contributed by atoms with Gasteiger partial charge in [0, 0.05) is 11.6 Å². The lowest BCUT2D eigenvalue weighted by Crippen LogP contribution is -2.26. The molecular formula is C13H17N3OS2. The van der Waals surface area contributed by atoms with Gasteiger partial charge >= 0.3 is 0 Å². The third kappa shape index (κ3) is 3.46. The number of hydrogen-bond acceptors (Lipinski definition) is 6. The van der Waals surface area contributed by atoms with Gasteiger partial charge in [0.25, 0.3) is 0 Å². The number of para-hydroxylation sites is 1. The van der Waals surface area contributed by atoms with Crippen molar-refractivity contribution in [2.75, 3.05) is 7.11 Å². The fourth-order valence-corrected chi connectivity index (χ4v) is 3.73. The average Bonchev–Trinajstić information content (AvgIpc) is 2.97. The van der Waals surface area contributed by atoms with Gasteiger partial charge in [-0.3, -0.25) is 0 Å². The third-order valence-electron chi connectivity index (χ3n) is 2.87. The van der Waals surface area contributed by atoms with E-state index in [1.807, 2.05) is 18.2 Å². The Labute approximate surface area is 121 Å². The summed E-state index contributed by atoms with van der Waals surface area (Å²) in [4.78, 5) is 4.23. The molecule has 4 nitrogen and oxygen atoms in total. The second kappa shape index (κ2) is 6.88. The van der Waals surface area contributed by atoms with Crippen LogP contribution >= 0.6 is 23.3 Å². The first-order chi connectivity index (χ1) is 9.26. The first-order valence-electron chi connectivity index (χ1n) is 6.08. The second-order valence-corrected chi connectivity index (χ2v) is 6.23. The summed E-state index contributed by atoms with van der Waals surface area (Å²) in [5, 5.41) is 0.120. The van der Waals surface area contributed by atoms with Crippen LogP contribution in [0.3, 0.4) is 0 Å². The van der Waals surface area contributed by atoms with Crippen LogP contribution in [0.25, 0.3) is 0 Å². The first kappa shape index (κ1) is 14.3. The Kier molecular flexibility index (Phi) is 5.18. The van der Waals surface area contributed by atoms with E-state index in [9.17, 15) is 0 Å². The largest absolute Gasteiger partial charge is 0.496 e. The van der Waals surface area contributed by atoms with E-state index in [4.69, 9.17) is 10.5 Å². The molecule has 0 spiro atoms. The summed E-state index contributed by atoms with van der Waals surface area (Å²) in [6.07, 6.45) is 2.47. The van der Waals surface area contributed by atoms with E-state index < -0.39 is 0 Å². The number of benzene rings is 1. The summed E-state index contributed by atoms with van der Waals surface area (Å²) in [6.45, 7) is 2.09. The Hall–Kier alpha value is -1.11. The Balaban J connectivity index is 2.31. The van der Waals surface area contributed by atoms with Crippen molar-refractivity contribution in [3.8, 4) is 5.75 Å². The molecule has 2 aromatic rings. The highest BCUT2D eigenvalue weighted by Gasteiger charge is 2.24. The zero-order valence-corrected chi connectivity index (χ0v) is 12.6. The van der Waals surface area contributed by atoms with Crippen molar-refractivity contribution in [3.63, 3.8) is 0 Å². The van der Waals surface area contributed by atoms with Crippen LogP contribution in [-0.4, -0.2) is 22.5 Å². The van der Waals surface area contributed by atoms with Gasteiger partial charge in [0.2, 0.25) is 0 Å². The summed E-state index contributed by atoms with van der Waals surface area (Å²) >= 11 is 3.04. The van der Waals surface area contributed by atoms with Crippen molar-refractivity contribution in [2.24, 2.45) is 5.73 Å². The molecule has 0 radical (unpaired) electrons. The van der Waals surface area contributed by atoms with Crippen LogP contribution in [0.5, 0.6) is 5.75 Å². The van der Waals surface area contributed by atoms with Crippen molar-refractivity contribution in [1.82, 2.24) is 9.36 Å². The van der Waals surface area contributed by atoms with Gasteiger partial charge in [0.05, 0.1) is 12.4 Å². The molecule has 0 aliphatic heterocycles. The number of methoxy groups -OCH3 is 1. The van der Waals surface area contributed by atoms with Gasteiger partial charge in [-0.15, -0.1) is 0 Å². The van der Waals surface area contributed by atoms with Gasteiger partial charge in [-0.05, 0) is 24.0 Å². The maximum Gasteiger partial charge on any atom is 0.170 e. The topological polar surface area (TPSA) is 61.0 Å². The Morgan fingerprint density at radius 1 is 1.42 bits per heavy atom. The molecule has 2 atom stereocenters. The van der Waals surface area contributed by atoms with E-state index >= 15 is 0 Å². The molecule has 0 aliphatic carbocycles. The number of ether oxygens (including phenoxy) is 1.